The number of benzene rings is 1. The van der Waals surface area contributed by atoms with Crippen molar-refractivity contribution in [3.05, 3.63) is 62.5 Å². The fourth-order valence-corrected chi connectivity index (χ4v) is 3.03. The molecule has 2 nitrogen and oxygen atoms in total. The first-order valence-corrected chi connectivity index (χ1v) is 7.96. The smallest absolute Gasteiger partial charge is 0.124 e. The van der Waals surface area contributed by atoms with E-state index < -0.39 is 0 Å². The molecule has 2 aromatic rings. The molecule has 0 saturated heterocycles. The number of rotatable bonds is 5. The molecule has 0 aliphatic rings. The second kappa shape index (κ2) is 7.29. The van der Waals surface area contributed by atoms with E-state index in [0.29, 0.717) is 0 Å². The molecule has 1 heterocycles. The van der Waals surface area contributed by atoms with Gasteiger partial charge >= 0.3 is 0 Å². The first kappa shape index (κ1) is 15.6. The zero-order valence-corrected chi connectivity index (χ0v) is 14.2. The molecule has 0 saturated carbocycles. The molecule has 0 aliphatic heterocycles. The maximum Gasteiger partial charge on any atom is 0.124 e. The van der Waals surface area contributed by atoms with Crippen LogP contribution in [0.5, 0.6) is 0 Å². The molecule has 1 N–H and O–H groups in total. The highest BCUT2D eigenvalue weighted by molar-refractivity contribution is 9.10. The Kier molecular flexibility index (Phi) is 5.69. The number of nitrogens with one attached hydrogen (secondary N) is 1. The summed E-state index contributed by atoms with van der Waals surface area (Å²) < 4.78 is 15.3. The normalized spacial score (nSPS) is 12.4. The number of nitrogens with zero attached hydrogens (tertiary/aromatic N) is 1. The highest BCUT2D eigenvalue weighted by Gasteiger charge is 2.13. The number of halogens is 3. The van der Waals surface area contributed by atoms with Gasteiger partial charge in [0.15, 0.2) is 0 Å². The van der Waals surface area contributed by atoms with Crippen LogP contribution < -0.4 is 5.32 Å². The second-order valence-corrected chi connectivity index (χ2v) is 6.36. The maximum absolute atomic E-state index is 13.6. The van der Waals surface area contributed by atoms with Gasteiger partial charge in [-0.3, -0.25) is 4.98 Å². The van der Waals surface area contributed by atoms with Crippen LogP contribution in [-0.4, -0.2) is 11.5 Å². The number of pyridine rings is 1. The Morgan fingerprint density at radius 3 is 2.60 bits per heavy atom. The highest BCUT2D eigenvalue weighted by Crippen LogP contribution is 2.24. The Morgan fingerprint density at radius 2 is 1.95 bits per heavy atom. The molecule has 1 unspecified atom stereocenters. The van der Waals surface area contributed by atoms with Crippen LogP contribution in [0.25, 0.3) is 0 Å². The Labute approximate surface area is 135 Å². The molecule has 20 heavy (non-hydrogen) atoms. The highest BCUT2D eigenvalue weighted by atomic mass is 79.9. The van der Waals surface area contributed by atoms with E-state index in [9.17, 15) is 4.39 Å². The van der Waals surface area contributed by atoms with Gasteiger partial charge in [-0.25, -0.2) is 4.39 Å². The monoisotopic (exact) mass is 400 g/mol. The van der Waals surface area contributed by atoms with Crippen molar-refractivity contribution in [2.75, 3.05) is 6.54 Å². The summed E-state index contributed by atoms with van der Waals surface area (Å²) in [6, 6.07) is 7.08. The summed E-state index contributed by atoms with van der Waals surface area (Å²) in [5.74, 6) is -0.232. The van der Waals surface area contributed by atoms with Crippen LogP contribution in [0.2, 0.25) is 0 Å². The first-order chi connectivity index (χ1) is 9.58. The largest absolute Gasteiger partial charge is 0.310 e. The Bertz CT molecular complexity index is 570. The molecule has 0 fully saturated rings. The molecular formula is C15H15Br2FN2. The lowest BCUT2D eigenvalue weighted by Gasteiger charge is -2.19. The van der Waals surface area contributed by atoms with Crippen LogP contribution in [-0.2, 0) is 6.42 Å². The van der Waals surface area contributed by atoms with Crippen molar-refractivity contribution >= 4 is 31.9 Å². The summed E-state index contributed by atoms with van der Waals surface area (Å²) in [7, 11) is 0. The van der Waals surface area contributed by atoms with Crippen LogP contribution in [0.4, 0.5) is 4.39 Å². The standard InChI is InChI=1S/C15H15Br2FN2/c1-2-20-15(4-10-3-13(17)9-19-8-10)11-5-12(16)7-14(18)6-11/h3,5-9,15,20H,2,4H2,1H3. The van der Waals surface area contributed by atoms with Gasteiger partial charge in [-0.05, 0) is 64.3 Å². The van der Waals surface area contributed by atoms with E-state index >= 15 is 0 Å². The van der Waals surface area contributed by atoms with Crippen LogP contribution in [0.1, 0.15) is 24.1 Å². The summed E-state index contributed by atoms with van der Waals surface area (Å²) in [5.41, 5.74) is 2.03. The third-order valence-electron chi connectivity index (χ3n) is 2.94. The molecule has 2 rings (SSSR count). The lowest BCUT2D eigenvalue weighted by molar-refractivity contribution is 0.541. The van der Waals surface area contributed by atoms with Gasteiger partial charge in [0.1, 0.15) is 5.82 Å². The minimum atomic E-state index is -0.232. The van der Waals surface area contributed by atoms with E-state index in [0.717, 1.165) is 33.0 Å². The molecule has 0 bridgehead atoms. The molecule has 0 spiro atoms. The molecule has 0 radical (unpaired) electrons. The molecular weight excluding hydrogens is 387 g/mol. The van der Waals surface area contributed by atoms with Gasteiger partial charge in [0.25, 0.3) is 0 Å². The zero-order chi connectivity index (χ0) is 14.5. The zero-order valence-electron chi connectivity index (χ0n) is 11.0. The fourth-order valence-electron chi connectivity index (χ4n) is 2.13. The minimum absolute atomic E-state index is 0.0584. The van der Waals surface area contributed by atoms with E-state index in [2.05, 4.69) is 42.2 Å². The summed E-state index contributed by atoms with van der Waals surface area (Å²) >= 11 is 6.76. The number of likely N-dealkylation sites (N-methyl/N-ethyl adjacent to an activating group) is 1. The van der Waals surface area contributed by atoms with E-state index in [4.69, 9.17) is 0 Å². The van der Waals surface area contributed by atoms with Crippen molar-refractivity contribution in [2.45, 2.75) is 19.4 Å². The summed E-state index contributed by atoms with van der Waals surface area (Å²) in [6.07, 6.45) is 4.35. The van der Waals surface area contributed by atoms with Gasteiger partial charge in [-0.2, -0.15) is 0 Å². The number of aromatic nitrogens is 1. The van der Waals surface area contributed by atoms with Crippen molar-refractivity contribution in [2.24, 2.45) is 0 Å². The van der Waals surface area contributed by atoms with Gasteiger partial charge in [-0.1, -0.05) is 22.9 Å². The van der Waals surface area contributed by atoms with E-state index in [-0.39, 0.29) is 11.9 Å². The fraction of sp³-hybridized carbons (Fsp3) is 0.267. The van der Waals surface area contributed by atoms with Crippen molar-refractivity contribution in [3.8, 4) is 0 Å². The summed E-state index contributed by atoms with van der Waals surface area (Å²) in [5, 5.41) is 3.39. The van der Waals surface area contributed by atoms with Crippen molar-refractivity contribution in [1.82, 2.24) is 10.3 Å². The van der Waals surface area contributed by atoms with Gasteiger partial charge in [0.2, 0.25) is 0 Å². The van der Waals surface area contributed by atoms with Crippen molar-refractivity contribution in [3.63, 3.8) is 0 Å². The topological polar surface area (TPSA) is 24.9 Å². The molecule has 5 heteroatoms. The molecule has 106 valence electrons. The van der Waals surface area contributed by atoms with Crippen LogP contribution in [0.15, 0.2) is 45.6 Å². The Balaban J connectivity index is 2.26. The first-order valence-electron chi connectivity index (χ1n) is 6.37. The van der Waals surface area contributed by atoms with E-state index in [1.807, 2.05) is 25.3 Å². The predicted octanol–water partition coefficient (Wildman–Crippen LogP) is 4.64. The lowest BCUT2D eigenvalue weighted by Crippen LogP contribution is -2.23. The van der Waals surface area contributed by atoms with E-state index in [1.54, 1.807) is 12.3 Å². The molecule has 1 aromatic carbocycles. The Morgan fingerprint density at radius 1 is 1.15 bits per heavy atom. The molecule has 0 aliphatic carbocycles. The third kappa shape index (κ3) is 4.36. The predicted molar refractivity (Wildman–Crippen MR) is 86.2 cm³/mol. The average molecular weight is 402 g/mol. The quantitative estimate of drug-likeness (QED) is 0.789. The average Bonchev–Trinajstić information content (AvgIpc) is 2.37. The van der Waals surface area contributed by atoms with Crippen molar-refractivity contribution < 1.29 is 4.39 Å². The SMILES string of the molecule is CCNC(Cc1cncc(Br)c1)c1cc(F)cc(Br)c1. The number of hydrogen-bond acceptors (Lipinski definition) is 2. The molecule has 0 amide bonds. The van der Waals surface area contributed by atoms with Gasteiger partial charge < -0.3 is 5.32 Å². The summed E-state index contributed by atoms with van der Waals surface area (Å²) in [6.45, 7) is 2.86. The lowest BCUT2D eigenvalue weighted by atomic mass is 9.99. The molecule has 1 aromatic heterocycles. The van der Waals surface area contributed by atoms with Gasteiger partial charge in [0, 0.05) is 27.4 Å². The minimum Gasteiger partial charge on any atom is -0.310 e. The summed E-state index contributed by atoms with van der Waals surface area (Å²) in [4.78, 5) is 4.17. The van der Waals surface area contributed by atoms with E-state index in [1.165, 1.54) is 6.07 Å². The van der Waals surface area contributed by atoms with Crippen molar-refractivity contribution in [1.29, 1.82) is 0 Å². The van der Waals surface area contributed by atoms with Crippen LogP contribution in [0, 0.1) is 5.82 Å². The van der Waals surface area contributed by atoms with Crippen LogP contribution in [0.3, 0.4) is 0 Å². The number of hydrogen-bond donors (Lipinski definition) is 1. The second-order valence-electron chi connectivity index (χ2n) is 4.53. The Hall–Kier alpha value is -0.780. The van der Waals surface area contributed by atoms with Crippen LogP contribution >= 0.6 is 31.9 Å². The maximum atomic E-state index is 13.6. The molecule has 1 atom stereocenters. The van der Waals surface area contributed by atoms with Gasteiger partial charge in [0.05, 0.1) is 0 Å². The van der Waals surface area contributed by atoms with Gasteiger partial charge in [-0.15, -0.1) is 0 Å². The third-order valence-corrected chi connectivity index (χ3v) is 3.83.